The lowest BCUT2D eigenvalue weighted by Crippen LogP contribution is -2.30. The normalized spacial score (nSPS) is 19.6. The summed E-state index contributed by atoms with van der Waals surface area (Å²) in [4.78, 5) is 17.5. The molecule has 2 aromatic carbocycles. The molecule has 0 saturated carbocycles. The molecule has 2 heterocycles. The summed E-state index contributed by atoms with van der Waals surface area (Å²) in [6, 6.07) is 15.6. The van der Waals surface area contributed by atoms with Gasteiger partial charge in [-0.2, -0.15) is 0 Å². The quantitative estimate of drug-likeness (QED) is 0.692. The minimum atomic E-state index is -0.190. The van der Waals surface area contributed by atoms with E-state index in [1.807, 2.05) is 48.5 Å². The number of Topliss-reactive ketones (excluding diaryl/α,β-unsaturated/α-hetero) is 1. The van der Waals surface area contributed by atoms with Gasteiger partial charge in [0.05, 0.1) is 17.1 Å². The Morgan fingerprint density at radius 3 is 2.88 bits per heavy atom. The van der Waals surface area contributed by atoms with E-state index in [-0.39, 0.29) is 11.8 Å². The predicted octanol–water partition coefficient (Wildman–Crippen LogP) is 4.71. The Bertz CT molecular complexity index is 1050. The number of carbonyl (C=O) groups excluding carboxylic acids is 1. The number of nitrogens with zero attached hydrogens (tertiary/aromatic N) is 2. The zero-order valence-electron chi connectivity index (χ0n) is 13.5. The zero-order chi connectivity index (χ0) is 17.0. The van der Waals surface area contributed by atoms with E-state index in [0.29, 0.717) is 11.4 Å². The summed E-state index contributed by atoms with van der Waals surface area (Å²) in [5, 5.41) is 4.08. The van der Waals surface area contributed by atoms with Gasteiger partial charge in [0.15, 0.2) is 5.78 Å². The smallest absolute Gasteiger partial charge is 0.209 e. The minimum Gasteiger partial charge on any atom is -0.329 e. The Balaban J connectivity index is 1.82. The van der Waals surface area contributed by atoms with Gasteiger partial charge in [0.1, 0.15) is 0 Å². The molecule has 0 bridgehead atoms. The number of rotatable bonds is 1. The minimum absolute atomic E-state index is 0.190. The lowest BCUT2D eigenvalue weighted by molar-refractivity contribution is -0.116. The van der Waals surface area contributed by atoms with Crippen LogP contribution in [0.2, 0.25) is 5.02 Å². The van der Waals surface area contributed by atoms with Gasteiger partial charge in [0.2, 0.25) is 5.95 Å². The first-order valence-corrected chi connectivity index (χ1v) is 8.86. The number of para-hydroxylation sites is 2. The summed E-state index contributed by atoms with van der Waals surface area (Å²) in [5.74, 6) is 1.00. The first kappa shape index (κ1) is 14.7. The first-order valence-electron chi connectivity index (χ1n) is 8.48. The van der Waals surface area contributed by atoms with Gasteiger partial charge in [-0.3, -0.25) is 9.36 Å². The second-order valence-electron chi connectivity index (χ2n) is 6.55. The number of imidazole rings is 1. The van der Waals surface area contributed by atoms with Crippen molar-refractivity contribution in [3.8, 4) is 0 Å². The van der Waals surface area contributed by atoms with Crippen molar-refractivity contribution in [3.05, 3.63) is 70.4 Å². The first-order chi connectivity index (χ1) is 12.2. The highest BCUT2D eigenvalue weighted by molar-refractivity contribution is 6.30. The van der Waals surface area contributed by atoms with E-state index in [4.69, 9.17) is 16.6 Å². The van der Waals surface area contributed by atoms with Crippen molar-refractivity contribution in [2.45, 2.75) is 25.3 Å². The second-order valence-corrected chi connectivity index (χ2v) is 6.98. The summed E-state index contributed by atoms with van der Waals surface area (Å²) >= 11 is 6.25. The maximum atomic E-state index is 12.8. The summed E-state index contributed by atoms with van der Waals surface area (Å²) in [6.45, 7) is 0. The Hall–Kier alpha value is -2.59. The zero-order valence-corrected chi connectivity index (χ0v) is 14.3. The summed E-state index contributed by atoms with van der Waals surface area (Å²) in [5.41, 5.74) is 4.80. The fourth-order valence-corrected chi connectivity index (χ4v) is 4.16. The molecule has 0 fully saturated rings. The molecular formula is C20H16ClN3O. The fraction of sp³-hybridized carbons (Fsp3) is 0.200. The Labute approximate surface area is 150 Å². The van der Waals surface area contributed by atoms with Crippen molar-refractivity contribution >= 4 is 34.4 Å². The third kappa shape index (κ3) is 2.21. The Kier molecular flexibility index (Phi) is 3.22. The van der Waals surface area contributed by atoms with E-state index in [1.165, 1.54) is 0 Å². The van der Waals surface area contributed by atoms with Crippen LogP contribution in [-0.2, 0) is 4.79 Å². The summed E-state index contributed by atoms with van der Waals surface area (Å²) in [6.07, 6.45) is 2.36. The fourth-order valence-electron chi connectivity index (χ4n) is 3.96. The van der Waals surface area contributed by atoms with E-state index in [1.54, 1.807) is 0 Å². The van der Waals surface area contributed by atoms with Crippen LogP contribution in [0.3, 0.4) is 0 Å². The monoisotopic (exact) mass is 349 g/mol. The van der Waals surface area contributed by atoms with Gasteiger partial charge in [-0.1, -0.05) is 35.9 Å². The number of aromatic nitrogens is 2. The topological polar surface area (TPSA) is 46.9 Å². The third-order valence-corrected chi connectivity index (χ3v) is 5.25. The lowest BCUT2D eigenvalue weighted by Gasteiger charge is -2.34. The van der Waals surface area contributed by atoms with Gasteiger partial charge in [-0.25, -0.2) is 4.98 Å². The molecular weight excluding hydrogens is 334 g/mol. The molecule has 2 aliphatic rings. The number of anilines is 1. The number of nitrogens with one attached hydrogen (secondary N) is 1. The van der Waals surface area contributed by atoms with E-state index in [9.17, 15) is 4.79 Å². The molecule has 0 spiro atoms. The van der Waals surface area contributed by atoms with Crippen molar-refractivity contribution in [2.24, 2.45) is 0 Å². The average Bonchev–Trinajstić information content (AvgIpc) is 2.98. The van der Waals surface area contributed by atoms with Gasteiger partial charge in [-0.05, 0) is 42.7 Å². The number of carbonyl (C=O) groups is 1. The molecule has 1 atom stereocenters. The second kappa shape index (κ2) is 5.46. The Morgan fingerprint density at radius 2 is 2.00 bits per heavy atom. The van der Waals surface area contributed by atoms with Crippen LogP contribution in [0.25, 0.3) is 11.0 Å². The van der Waals surface area contributed by atoms with Crippen molar-refractivity contribution in [1.29, 1.82) is 0 Å². The number of ketones is 1. The van der Waals surface area contributed by atoms with Crippen LogP contribution in [0.5, 0.6) is 0 Å². The van der Waals surface area contributed by atoms with E-state index < -0.39 is 0 Å². The molecule has 124 valence electrons. The highest BCUT2D eigenvalue weighted by Gasteiger charge is 2.36. The highest BCUT2D eigenvalue weighted by Crippen LogP contribution is 2.43. The number of fused-ring (bicyclic) bond motifs is 3. The summed E-state index contributed by atoms with van der Waals surface area (Å²) < 4.78 is 2.13. The maximum absolute atomic E-state index is 12.8. The largest absolute Gasteiger partial charge is 0.329 e. The van der Waals surface area contributed by atoms with Crippen LogP contribution in [0.4, 0.5) is 5.95 Å². The molecule has 0 amide bonds. The highest BCUT2D eigenvalue weighted by atomic mass is 35.5. The van der Waals surface area contributed by atoms with Crippen molar-refractivity contribution in [3.63, 3.8) is 0 Å². The molecule has 5 heteroatoms. The van der Waals surface area contributed by atoms with Gasteiger partial charge in [-0.15, -0.1) is 0 Å². The molecule has 1 aliphatic carbocycles. The molecule has 25 heavy (non-hydrogen) atoms. The molecule has 1 N–H and O–H groups in total. The predicted molar refractivity (Wildman–Crippen MR) is 98.8 cm³/mol. The number of hydrogen-bond donors (Lipinski definition) is 1. The number of benzene rings is 2. The third-order valence-electron chi connectivity index (χ3n) is 5.01. The van der Waals surface area contributed by atoms with E-state index >= 15 is 0 Å². The van der Waals surface area contributed by atoms with Crippen LogP contribution >= 0.6 is 11.6 Å². The van der Waals surface area contributed by atoms with E-state index in [0.717, 1.165) is 46.7 Å². The number of allylic oxidation sites excluding steroid dienone is 2. The summed E-state index contributed by atoms with van der Waals surface area (Å²) in [7, 11) is 0. The molecule has 0 radical (unpaired) electrons. The Morgan fingerprint density at radius 1 is 1.12 bits per heavy atom. The molecule has 1 aliphatic heterocycles. The van der Waals surface area contributed by atoms with E-state index in [2.05, 4.69) is 9.88 Å². The van der Waals surface area contributed by atoms with Crippen molar-refractivity contribution in [1.82, 2.24) is 9.55 Å². The molecule has 0 unspecified atom stereocenters. The van der Waals surface area contributed by atoms with Gasteiger partial charge >= 0.3 is 0 Å². The number of halogens is 1. The van der Waals surface area contributed by atoms with Crippen molar-refractivity contribution < 1.29 is 4.79 Å². The molecule has 0 saturated heterocycles. The number of hydrogen-bond acceptors (Lipinski definition) is 3. The van der Waals surface area contributed by atoms with Crippen LogP contribution in [0.1, 0.15) is 30.9 Å². The van der Waals surface area contributed by atoms with Crippen molar-refractivity contribution in [2.75, 3.05) is 5.32 Å². The standard InChI is InChI=1S/C20H16ClN3O/c21-13-6-3-5-12(11-13)19-18-15(8-4-10-17(18)25)23-20-22-14-7-1-2-9-16(14)24(19)20/h1-3,5-7,9,11,19H,4,8,10H2,(H,22,23)/t19-/m0/s1. The van der Waals surface area contributed by atoms with Gasteiger partial charge in [0, 0.05) is 22.7 Å². The van der Waals surface area contributed by atoms with Crippen LogP contribution < -0.4 is 5.32 Å². The molecule has 5 rings (SSSR count). The molecule has 1 aromatic heterocycles. The molecule has 3 aromatic rings. The van der Waals surface area contributed by atoms with Crippen LogP contribution in [0.15, 0.2) is 59.8 Å². The van der Waals surface area contributed by atoms with Crippen LogP contribution in [0, 0.1) is 0 Å². The molecule has 4 nitrogen and oxygen atoms in total. The van der Waals surface area contributed by atoms with Gasteiger partial charge in [0.25, 0.3) is 0 Å². The van der Waals surface area contributed by atoms with Gasteiger partial charge < -0.3 is 5.32 Å². The maximum Gasteiger partial charge on any atom is 0.209 e. The average molecular weight is 350 g/mol. The SMILES string of the molecule is O=C1CCCC2=C1[C@H](c1cccc(Cl)c1)n1c(nc3ccccc31)N2. The lowest BCUT2D eigenvalue weighted by atomic mass is 9.85. The van der Waals surface area contributed by atoms with Crippen LogP contribution in [-0.4, -0.2) is 15.3 Å².